The summed E-state index contributed by atoms with van der Waals surface area (Å²) in [7, 11) is 0. The van der Waals surface area contributed by atoms with Crippen molar-refractivity contribution >= 4 is 5.97 Å². The van der Waals surface area contributed by atoms with Gasteiger partial charge < -0.3 is 9.84 Å². The predicted molar refractivity (Wildman–Crippen MR) is 57.5 cm³/mol. The Morgan fingerprint density at radius 3 is 2.73 bits per heavy atom. The van der Waals surface area contributed by atoms with Crippen molar-refractivity contribution in [1.29, 1.82) is 0 Å². The molecule has 1 aromatic rings. The largest absolute Gasteiger partial charge is 0.478 e. The third-order valence-electron chi connectivity index (χ3n) is 1.80. The second-order valence-electron chi connectivity index (χ2n) is 3.07. The van der Waals surface area contributed by atoms with Gasteiger partial charge in [0.2, 0.25) is 0 Å². The van der Waals surface area contributed by atoms with E-state index in [-0.39, 0.29) is 0 Å². The van der Waals surface area contributed by atoms with Gasteiger partial charge in [-0.2, -0.15) is 0 Å². The topological polar surface area (TPSA) is 46.5 Å². The lowest BCUT2D eigenvalue weighted by atomic mass is 10.2. The average Bonchev–Trinajstić information content (AvgIpc) is 2.24. The molecule has 3 nitrogen and oxygen atoms in total. The van der Waals surface area contributed by atoms with Crippen LogP contribution in [-0.2, 0) is 16.1 Å². The summed E-state index contributed by atoms with van der Waals surface area (Å²) in [5.74, 6) is -0.918. The first-order valence-electron chi connectivity index (χ1n) is 4.80. The Hall–Kier alpha value is -1.61. The van der Waals surface area contributed by atoms with Crippen molar-refractivity contribution in [2.75, 3.05) is 6.61 Å². The van der Waals surface area contributed by atoms with Crippen molar-refractivity contribution in [1.82, 2.24) is 0 Å². The highest BCUT2D eigenvalue weighted by molar-refractivity contribution is 5.79. The molecular weight excluding hydrogens is 192 g/mol. The van der Waals surface area contributed by atoms with Gasteiger partial charge in [-0.25, -0.2) is 4.79 Å². The van der Waals surface area contributed by atoms with E-state index in [1.807, 2.05) is 30.3 Å². The molecule has 0 atom stereocenters. The molecule has 1 N–H and O–H groups in total. The maximum Gasteiger partial charge on any atom is 0.327 e. The van der Waals surface area contributed by atoms with Crippen molar-refractivity contribution in [3.8, 4) is 0 Å². The Balaban J connectivity index is 2.10. The van der Waals surface area contributed by atoms with Gasteiger partial charge in [0.05, 0.1) is 13.2 Å². The van der Waals surface area contributed by atoms with Crippen molar-refractivity contribution in [3.63, 3.8) is 0 Å². The summed E-state index contributed by atoms with van der Waals surface area (Å²) in [6, 6.07) is 9.87. The van der Waals surface area contributed by atoms with Crippen LogP contribution >= 0.6 is 0 Å². The van der Waals surface area contributed by atoms with Gasteiger partial charge in [-0.3, -0.25) is 0 Å². The molecule has 0 heterocycles. The summed E-state index contributed by atoms with van der Waals surface area (Å²) >= 11 is 0. The van der Waals surface area contributed by atoms with E-state index < -0.39 is 5.97 Å². The Kier molecular flexibility index (Phi) is 5.19. The van der Waals surface area contributed by atoms with E-state index >= 15 is 0 Å². The number of aliphatic carboxylic acids is 1. The molecule has 1 rings (SSSR count). The number of rotatable bonds is 6. The minimum atomic E-state index is -0.918. The lowest BCUT2D eigenvalue weighted by Gasteiger charge is -2.01. The van der Waals surface area contributed by atoms with E-state index in [0.717, 1.165) is 11.6 Å². The number of carboxylic acids is 1. The van der Waals surface area contributed by atoms with Crippen molar-refractivity contribution in [2.45, 2.75) is 13.0 Å². The minimum absolute atomic E-state index is 0.540. The normalized spacial score (nSPS) is 10.7. The molecule has 0 amide bonds. The first-order valence-corrected chi connectivity index (χ1v) is 4.80. The summed E-state index contributed by atoms with van der Waals surface area (Å²) in [5.41, 5.74) is 1.12. The zero-order valence-electron chi connectivity index (χ0n) is 8.43. The smallest absolute Gasteiger partial charge is 0.327 e. The summed E-state index contributed by atoms with van der Waals surface area (Å²) in [5, 5.41) is 8.32. The van der Waals surface area contributed by atoms with Crippen LogP contribution in [0.5, 0.6) is 0 Å². The fourth-order valence-corrected chi connectivity index (χ4v) is 1.10. The number of carbonyl (C=O) groups is 1. The molecule has 0 radical (unpaired) electrons. The highest BCUT2D eigenvalue weighted by Crippen LogP contribution is 2.00. The summed E-state index contributed by atoms with van der Waals surface area (Å²) in [6.45, 7) is 1.11. The van der Waals surface area contributed by atoms with E-state index in [1.54, 1.807) is 6.08 Å². The lowest BCUT2D eigenvalue weighted by Crippen LogP contribution is -1.94. The van der Waals surface area contributed by atoms with E-state index in [9.17, 15) is 4.79 Å². The zero-order valence-corrected chi connectivity index (χ0v) is 8.43. The van der Waals surface area contributed by atoms with Gasteiger partial charge in [0.15, 0.2) is 0 Å². The minimum Gasteiger partial charge on any atom is -0.478 e. The molecule has 0 aliphatic carbocycles. The van der Waals surface area contributed by atoms with Gasteiger partial charge in [-0.15, -0.1) is 0 Å². The molecule has 0 aromatic heterocycles. The van der Waals surface area contributed by atoms with E-state index in [2.05, 4.69) is 0 Å². The molecule has 0 fully saturated rings. The van der Waals surface area contributed by atoms with Crippen LogP contribution in [0.3, 0.4) is 0 Å². The van der Waals surface area contributed by atoms with Crippen LogP contribution in [0.4, 0.5) is 0 Å². The Morgan fingerprint density at radius 2 is 2.07 bits per heavy atom. The monoisotopic (exact) mass is 206 g/mol. The van der Waals surface area contributed by atoms with E-state index in [0.29, 0.717) is 19.6 Å². The molecule has 0 unspecified atom stereocenters. The van der Waals surface area contributed by atoms with Gasteiger partial charge >= 0.3 is 5.97 Å². The van der Waals surface area contributed by atoms with E-state index in [1.165, 1.54) is 0 Å². The summed E-state index contributed by atoms with van der Waals surface area (Å²) in [4.78, 5) is 10.1. The molecule has 0 spiro atoms. The van der Waals surface area contributed by atoms with Crippen LogP contribution in [0.1, 0.15) is 12.0 Å². The Labute approximate surface area is 89.0 Å². The van der Waals surface area contributed by atoms with Crippen molar-refractivity contribution in [2.24, 2.45) is 0 Å². The molecule has 1 aromatic carbocycles. The first-order chi connectivity index (χ1) is 7.29. The number of hydrogen-bond donors (Lipinski definition) is 1. The molecule has 15 heavy (non-hydrogen) atoms. The second kappa shape index (κ2) is 6.79. The molecule has 3 heteroatoms. The molecule has 80 valence electrons. The fraction of sp³-hybridized carbons (Fsp3) is 0.250. The summed E-state index contributed by atoms with van der Waals surface area (Å²) in [6.07, 6.45) is 3.35. The molecule has 0 aliphatic heterocycles. The Morgan fingerprint density at radius 1 is 1.33 bits per heavy atom. The van der Waals surface area contributed by atoms with Gasteiger partial charge in [0.1, 0.15) is 0 Å². The van der Waals surface area contributed by atoms with Gasteiger partial charge in [0, 0.05) is 6.08 Å². The van der Waals surface area contributed by atoms with Crippen LogP contribution < -0.4 is 0 Å². The number of carboxylic acid groups (broad SMARTS) is 1. The van der Waals surface area contributed by atoms with E-state index in [4.69, 9.17) is 9.84 Å². The number of ether oxygens (including phenoxy) is 1. The maximum absolute atomic E-state index is 10.1. The van der Waals surface area contributed by atoms with Crippen molar-refractivity contribution in [3.05, 3.63) is 48.0 Å². The average molecular weight is 206 g/mol. The molecule has 0 saturated heterocycles. The first kappa shape index (κ1) is 11.5. The molecule has 0 aliphatic rings. The standard InChI is InChI=1S/C12H14O3/c13-12(14)8-4-5-9-15-10-11-6-2-1-3-7-11/h1-4,6-8H,5,9-10H2,(H,13,14). The predicted octanol–water partition coefficient (Wildman–Crippen LogP) is 2.23. The van der Waals surface area contributed by atoms with Crippen LogP contribution in [-0.4, -0.2) is 17.7 Å². The zero-order chi connectivity index (χ0) is 10.9. The highest BCUT2D eigenvalue weighted by atomic mass is 16.5. The molecular formula is C12H14O3. The maximum atomic E-state index is 10.1. The van der Waals surface area contributed by atoms with Crippen LogP contribution in [0.2, 0.25) is 0 Å². The van der Waals surface area contributed by atoms with Crippen molar-refractivity contribution < 1.29 is 14.6 Å². The second-order valence-corrected chi connectivity index (χ2v) is 3.07. The number of hydrogen-bond acceptors (Lipinski definition) is 2. The van der Waals surface area contributed by atoms with Gasteiger partial charge in [-0.05, 0) is 12.0 Å². The van der Waals surface area contributed by atoms with Crippen LogP contribution in [0, 0.1) is 0 Å². The van der Waals surface area contributed by atoms with Crippen LogP contribution in [0.15, 0.2) is 42.5 Å². The summed E-state index contributed by atoms with van der Waals surface area (Å²) < 4.78 is 5.36. The van der Waals surface area contributed by atoms with Gasteiger partial charge in [0.25, 0.3) is 0 Å². The lowest BCUT2D eigenvalue weighted by molar-refractivity contribution is -0.131. The number of benzene rings is 1. The van der Waals surface area contributed by atoms with Crippen LogP contribution in [0.25, 0.3) is 0 Å². The third kappa shape index (κ3) is 5.65. The molecule has 0 saturated carbocycles. The highest BCUT2D eigenvalue weighted by Gasteiger charge is 1.90. The quantitative estimate of drug-likeness (QED) is 0.573. The van der Waals surface area contributed by atoms with Gasteiger partial charge in [-0.1, -0.05) is 36.4 Å². The SMILES string of the molecule is O=C(O)C=CCCOCc1ccccc1. The molecule has 0 bridgehead atoms. The Bertz CT molecular complexity index is 317. The fourth-order valence-electron chi connectivity index (χ4n) is 1.10. The third-order valence-corrected chi connectivity index (χ3v) is 1.80.